The Kier molecular flexibility index (Phi) is 5.81. The highest BCUT2D eigenvalue weighted by Crippen LogP contribution is 2.04. The van der Waals surface area contributed by atoms with Gasteiger partial charge in [0, 0.05) is 26.2 Å². The molecule has 5 heteroatoms. The average molecular weight is 261 g/mol. The molecule has 0 aliphatic carbocycles. The zero-order valence-electron chi connectivity index (χ0n) is 11.3. The third kappa shape index (κ3) is 5.38. The van der Waals surface area contributed by atoms with E-state index >= 15 is 0 Å². The Morgan fingerprint density at radius 2 is 1.95 bits per heavy atom. The molecule has 0 saturated carbocycles. The highest BCUT2D eigenvalue weighted by molar-refractivity contribution is 5.86. The SMILES string of the molecule is NN1CCNCCNN=C(CCc2ccccc2)C1. The summed E-state index contributed by atoms with van der Waals surface area (Å²) < 4.78 is 0. The third-order valence-corrected chi connectivity index (χ3v) is 3.16. The van der Waals surface area contributed by atoms with E-state index in [1.807, 2.05) is 11.1 Å². The molecule has 4 N–H and O–H groups in total. The predicted octanol–water partition coefficient (Wildman–Crippen LogP) is 0.344. The highest BCUT2D eigenvalue weighted by Gasteiger charge is 2.07. The molecule has 1 aliphatic heterocycles. The Morgan fingerprint density at radius 1 is 1.11 bits per heavy atom. The standard InChI is InChI=1S/C14H23N5/c15-19-11-10-16-8-9-17-18-14(12-19)7-6-13-4-2-1-3-5-13/h1-5,16-17H,6-12,15H2. The number of nitrogens with one attached hydrogen (secondary N) is 2. The molecule has 0 radical (unpaired) electrons. The molecule has 1 aliphatic rings. The molecule has 0 bridgehead atoms. The fourth-order valence-electron chi connectivity index (χ4n) is 2.08. The van der Waals surface area contributed by atoms with Gasteiger partial charge < -0.3 is 10.7 Å². The number of rotatable bonds is 3. The minimum absolute atomic E-state index is 0.724. The van der Waals surface area contributed by atoms with E-state index in [4.69, 9.17) is 5.84 Å². The first kappa shape index (κ1) is 14.0. The van der Waals surface area contributed by atoms with Crippen LogP contribution in [0.25, 0.3) is 0 Å². The van der Waals surface area contributed by atoms with Crippen molar-refractivity contribution in [2.45, 2.75) is 12.8 Å². The lowest BCUT2D eigenvalue weighted by atomic mass is 10.1. The second-order valence-electron chi connectivity index (χ2n) is 4.79. The van der Waals surface area contributed by atoms with Crippen molar-refractivity contribution in [1.82, 2.24) is 15.8 Å². The number of hydrogen-bond donors (Lipinski definition) is 3. The van der Waals surface area contributed by atoms with Crippen molar-refractivity contribution in [2.75, 3.05) is 32.7 Å². The second kappa shape index (κ2) is 7.89. The Balaban J connectivity index is 1.89. The van der Waals surface area contributed by atoms with Crippen LogP contribution in [0.2, 0.25) is 0 Å². The van der Waals surface area contributed by atoms with Crippen molar-refractivity contribution in [1.29, 1.82) is 0 Å². The Hall–Kier alpha value is -1.43. The summed E-state index contributed by atoms with van der Waals surface area (Å²) in [6.07, 6.45) is 1.95. The minimum Gasteiger partial charge on any atom is -0.314 e. The van der Waals surface area contributed by atoms with Gasteiger partial charge >= 0.3 is 0 Å². The van der Waals surface area contributed by atoms with Crippen molar-refractivity contribution in [3.63, 3.8) is 0 Å². The first-order valence-corrected chi connectivity index (χ1v) is 6.87. The molecule has 0 saturated heterocycles. The number of hydrazine groups is 1. The van der Waals surface area contributed by atoms with Crippen molar-refractivity contribution in [3.05, 3.63) is 35.9 Å². The Morgan fingerprint density at radius 3 is 2.79 bits per heavy atom. The summed E-state index contributed by atoms with van der Waals surface area (Å²) in [5.74, 6) is 5.97. The number of hydrogen-bond acceptors (Lipinski definition) is 5. The van der Waals surface area contributed by atoms with E-state index in [9.17, 15) is 0 Å². The van der Waals surface area contributed by atoms with Crippen LogP contribution in [0.5, 0.6) is 0 Å². The first-order chi connectivity index (χ1) is 9.34. The van der Waals surface area contributed by atoms with Crippen LogP contribution in [0.4, 0.5) is 0 Å². The van der Waals surface area contributed by atoms with Gasteiger partial charge in [0.2, 0.25) is 0 Å². The van der Waals surface area contributed by atoms with Gasteiger partial charge in [-0.3, -0.25) is 5.84 Å². The maximum absolute atomic E-state index is 5.97. The smallest absolute Gasteiger partial charge is 0.0536 e. The molecule has 2 rings (SSSR count). The van der Waals surface area contributed by atoms with Crippen molar-refractivity contribution >= 4 is 5.71 Å². The summed E-state index contributed by atoms with van der Waals surface area (Å²) in [7, 11) is 0. The predicted molar refractivity (Wildman–Crippen MR) is 78.8 cm³/mol. The van der Waals surface area contributed by atoms with E-state index in [2.05, 4.69) is 40.1 Å². The lowest BCUT2D eigenvalue weighted by Gasteiger charge is -2.19. The lowest BCUT2D eigenvalue weighted by molar-refractivity contribution is 0.317. The van der Waals surface area contributed by atoms with Gasteiger partial charge in [0.25, 0.3) is 0 Å². The van der Waals surface area contributed by atoms with E-state index < -0.39 is 0 Å². The fraction of sp³-hybridized carbons (Fsp3) is 0.500. The summed E-state index contributed by atoms with van der Waals surface area (Å²) in [6.45, 7) is 4.28. The van der Waals surface area contributed by atoms with Gasteiger partial charge in [-0.05, 0) is 18.4 Å². The Bertz CT molecular complexity index is 390. The normalized spacial score (nSPS) is 18.5. The van der Waals surface area contributed by atoms with Gasteiger partial charge in [0.05, 0.1) is 12.3 Å². The molecule has 0 amide bonds. The zero-order chi connectivity index (χ0) is 13.3. The number of hydrazone groups is 1. The molecule has 1 aromatic carbocycles. The van der Waals surface area contributed by atoms with Gasteiger partial charge in [-0.15, -0.1) is 0 Å². The maximum atomic E-state index is 5.97. The van der Waals surface area contributed by atoms with Crippen LogP contribution in [0.15, 0.2) is 35.4 Å². The maximum Gasteiger partial charge on any atom is 0.0536 e. The van der Waals surface area contributed by atoms with Gasteiger partial charge in [-0.25, -0.2) is 5.01 Å². The molecule has 1 aromatic rings. The summed E-state index contributed by atoms with van der Waals surface area (Å²) in [5, 5.41) is 9.58. The van der Waals surface area contributed by atoms with Crippen LogP contribution in [-0.2, 0) is 6.42 Å². The van der Waals surface area contributed by atoms with Gasteiger partial charge in [0.15, 0.2) is 0 Å². The van der Waals surface area contributed by atoms with E-state index in [0.29, 0.717) is 0 Å². The average Bonchev–Trinajstić information content (AvgIpc) is 2.45. The molecule has 0 atom stereocenters. The van der Waals surface area contributed by atoms with E-state index in [0.717, 1.165) is 51.3 Å². The first-order valence-electron chi connectivity index (χ1n) is 6.87. The lowest BCUT2D eigenvalue weighted by Crippen LogP contribution is -2.43. The van der Waals surface area contributed by atoms with E-state index in [-0.39, 0.29) is 0 Å². The molecule has 19 heavy (non-hydrogen) atoms. The molecule has 0 unspecified atom stereocenters. The van der Waals surface area contributed by atoms with Crippen LogP contribution < -0.4 is 16.6 Å². The van der Waals surface area contributed by atoms with E-state index in [1.165, 1.54) is 5.56 Å². The fourth-order valence-corrected chi connectivity index (χ4v) is 2.08. The third-order valence-electron chi connectivity index (χ3n) is 3.16. The van der Waals surface area contributed by atoms with Crippen molar-refractivity contribution < 1.29 is 0 Å². The number of nitrogens with zero attached hydrogens (tertiary/aromatic N) is 2. The highest BCUT2D eigenvalue weighted by atomic mass is 15.4. The van der Waals surface area contributed by atoms with Crippen LogP contribution in [0.3, 0.4) is 0 Å². The van der Waals surface area contributed by atoms with Crippen LogP contribution >= 0.6 is 0 Å². The monoisotopic (exact) mass is 261 g/mol. The molecular formula is C14H23N5. The molecular weight excluding hydrogens is 238 g/mol. The largest absolute Gasteiger partial charge is 0.314 e. The van der Waals surface area contributed by atoms with Crippen LogP contribution in [0, 0.1) is 0 Å². The summed E-state index contributed by atoms with van der Waals surface area (Å²) in [5.41, 5.74) is 5.56. The van der Waals surface area contributed by atoms with Crippen LogP contribution in [0.1, 0.15) is 12.0 Å². The molecule has 0 aromatic heterocycles. The molecule has 5 nitrogen and oxygen atoms in total. The molecule has 0 spiro atoms. The number of aryl methyl sites for hydroxylation is 1. The van der Waals surface area contributed by atoms with Gasteiger partial charge in [0.1, 0.15) is 0 Å². The van der Waals surface area contributed by atoms with Crippen LogP contribution in [-0.4, -0.2) is 43.4 Å². The second-order valence-corrected chi connectivity index (χ2v) is 4.79. The molecule has 1 heterocycles. The van der Waals surface area contributed by atoms with Gasteiger partial charge in [-0.1, -0.05) is 30.3 Å². The quantitative estimate of drug-likeness (QED) is 0.687. The summed E-state index contributed by atoms with van der Waals surface area (Å²) in [4.78, 5) is 0. The van der Waals surface area contributed by atoms with E-state index in [1.54, 1.807) is 0 Å². The Labute approximate surface area is 114 Å². The number of nitrogens with two attached hydrogens (primary N) is 1. The van der Waals surface area contributed by atoms with Gasteiger partial charge in [-0.2, -0.15) is 5.10 Å². The van der Waals surface area contributed by atoms with Crippen molar-refractivity contribution in [2.24, 2.45) is 10.9 Å². The zero-order valence-corrected chi connectivity index (χ0v) is 11.3. The number of benzene rings is 1. The topological polar surface area (TPSA) is 65.7 Å². The van der Waals surface area contributed by atoms with Crippen molar-refractivity contribution in [3.8, 4) is 0 Å². The summed E-state index contributed by atoms with van der Waals surface area (Å²) in [6, 6.07) is 10.5. The molecule has 0 fully saturated rings. The summed E-state index contributed by atoms with van der Waals surface area (Å²) >= 11 is 0. The minimum atomic E-state index is 0.724. The molecule has 104 valence electrons.